The molecule has 0 saturated carbocycles. The summed E-state index contributed by atoms with van der Waals surface area (Å²) in [4.78, 5) is 31.1. The molecule has 1 heterocycles. The largest absolute Gasteiger partial charge is 0.463 e. The SMILES string of the molecule is CCOC(=O)C1(OC(=O)Cc2c(C)cc(C)cc2C)CCN(OCCOC)CC1. The van der Waals surface area contributed by atoms with Gasteiger partial charge in [0, 0.05) is 33.0 Å². The van der Waals surface area contributed by atoms with Gasteiger partial charge >= 0.3 is 11.9 Å². The predicted molar refractivity (Wildman–Crippen MR) is 108 cm³/mol. The molecule has 162 valence electrons. The number of piperidine rings is 1. The summed E-state index contributed by atoms with van der Waals surface area (Å²) >= 11 is 0. The maximum atomic E-state index is 12.8. The van der Waals surface area contributed by atoms with Crippen molar-refractivity contribution < 1.29 is 28.6 Å². The average Bonchev–Trinajstić information content (AvgIpc) is 2.66. The van der Waals surface area contributed by atoms with E-state index in [2.05, 4.69) is 0 Å². The van der Waals surface area contributed by atoms with E-state index in [4.69, 9.17) is 19.0 Å². The Labute approximate surface area is 173 Å². The summed E-state index contributed by atoms with van der Waals surface area (Å²) in [6.45, 7) is 9.85. The van der Waals surface area contributed by atoms with Crippen LogP contribution in [-0.4, -0.2) is 62.6 Å². The summed E-state index contributed by atoms with van der Waals surface area (Å²) in [6, 6.07) is 4.10. The first-order valence-electron chi connectivity index (χ1n) is 10.1. The second-order valence-corrected chi connectivity index (χ2v) is 7.50. The van der Waals surface area contributed by atoms with E-state index in [0.717, 1.165) is 22.3 Å². The monoisotopic (exact) mass is 407 g/mol. The first-order valence-corrected chi connectivity index (χ1v) is 10.1. The number of benzene rings is 1. The maximum absolute atomic E-state index is 12.8. The van der Waals surface area contributed by atoms with Crippen molar-refractivity contribution >= 4 is 11.9 Å². The molecule has 0 radical (unpaired) electrons. The van der Waals surface area contributed by atoms with Crippen molar-refractivity contribution in [3.05, 3.63) is 34.4 Å². The van der Waals surface area contributed by atoms with E-state index in [0.29, 0.717) is 39.1 Å². The van der Waals surface area contributed by atoms with Crippen LogP contribution >= 0.6 is 0 Å². The lowest BCUT2D eigenvalue weighted by Gasteiger charge is -2.38. The molecule has 0 aromatic heterocycles. The number of carbonyl (C=O) groups is 2. The Bertz CT molecular complexity index is 686. The summed E-state index contributed by atoms with van der Waals surface area (Å²) in [6.07, 6.45) is 0.792. The average molecular weight is 408 g/mol. The molecule has 7 heteroatoms. The minimum atomic E-state index is -1.26. The summed E-state index contributed by atoms with van der Waals surface area (Å²) in [5, 5.41) is 1.78. The third kappa shape index (κ3) is 6.26. The molecule has 1 fully saturated rings. The first-order chi connectivity index (χ1) is 13.8. The first kappa shape index (κ1) is 23.3. The van der Waals surface area contributed by atoms with Crippen LogP contribution in [0.25, 0.3) is 0 Å². The van der Waals surface area contributed by atoms with Crippen LogP contribution in [0.15, 0.2) is 12.1 Å². The van der Waals surface area contributed by atoms with Gasteiger partial charge in [0.05, 0.1) is 26.2 Å². The molecule has 1 saturated heterocycles. The Morgan fingerprint density at radius 3 is 2.24 bits per heavy atom. The Morgan fingerprint density at radius 1 is 1.07 bits per heavy atom. The predicted octanol–water partition coefficient (Wildman–Crippen LogP) is 2.67. The third-order valence-corrected chi connectivity index (χ3v) is 5.21. The van der Waals surface area contributed by atoms with Gasteiger partial charge in [-0.2, -0.15) is 5.06 Å². The molecular weight excluding hydrogens is 374 g/mol. The van der Waals surface area contributed by atoms with Crippen molar-refractivity contribution in [2.45, 2.75) is 52.6 Å². The van der Waals surface area contributed by atoms with Crippen LogP contribution in [-0.2, 0) is 35.1 Å². The van der Waals surface area contributed by atoms with Crippen LogP contribution in [0.5, 0.6) is 0 Å². The number of rotatable bonds is 9. The highest BCUT2D eigenvalue weighted by molar-refractivity contribution is 5.84. The zero-order valence-electron chi connectivity index (χ0n) is 18.2. The van der Waals surface area contributed by atoms with E-state index in [1.165, 1.54) is 0 Å². The molecule has 1 aliphatic heterocycles. The molecule has 0 amide bonds. The number of methoxy groups -OCH3 is 1. The van der Waals surface area contributed by atoms with Crippen LogP contribution < -0.4 is 0 Å². The van der Waals surface area contributed by atoms with Gasteiger partial charge in [0.2, 0.25) is 5.60 Å². The van der Waals surface area contributed by atoms with Crippen molar-refractivity contribution in [1.82, 2.24) is 5.06 Å². The summed E-state index contributed by atoms with van der Waals surface area (Å²) in [7, 11) is 1.61. The molecule has 0 N–H and O–H groups in total. The third-order valence-electron chi connectivity index (χ3n) is 5.21. The summed E-state index contributed by atoms with van der Waals surface area (Å²) in [5.41, 5.74) is 2.93. The molecular formula is C22H33NO6. The Morgan fingerprint density at radius 2 is 1.69 bits per heavy atom. The van der Waals surface area contributed by atoms with Crippen LogP contribution in [0.3, 0.4) is 0 Å². The van der Waals surface area contributed by atoms with Crippen molar-refractivity contribution in [3.8, 4) is 0 Å². The quantitative estimate of drug-likeness (QED) is 0.460. The fraction of sp³-hybridized carbons (Fsp3) is 0.636. The van der Waals surface area contributed by atoms with Gasteiger partial charge in [-0.1, -0.05) is 17.7 Å². The lowest BCUT2D eigenvalue weighted by molar-refractivity contribution is -0.217. The Hall–Kier alpha value is -1.96. The molecule has 1 aromatic rings. The fourth-order valence-electron chi connectivity index (χ4n) is 3.72. The molecule has 0 aliphatic carbocycles. The molecule has 29 heavy (non-hydrogen) atoms. The standard InChI is InChI=1S/C22H33NO6/c1-6-27-21(25)22(7-9-23(10-8-22)28-12-11-26-5)29-20(24)15-19-17(3)13-16(2)14-18(19)4/h13-14H,6-12,15H2,1-5H3. The van der Waals surface area contributed by atoms with E-state index >= 15 is 0 Å². The molecule has 2 rings (SSSR count). The van der Waals surface area contributed by atoms with E-state index in [-0.39, 0.29) is 13.0 Å². The van der Waals surface area contributed by atoms with Crippen LogP contribution in [0, 0.1) is 20.8 Å². The second kappa shape index (κ2) is 10.7. The lowest BCUT2D eigenvalue weighted by Crippen LogP contribution is -2.53. The number of hydrogen-bond donors (Lipinski definition) is 0. The smallest absolute Gasteiger partial charge is 0.350 e. The van der Waals surface area contributed by atoms with E-state index in [1.807, 2.05) is 32.9 Å². The zero-order chi connectivity index (χ0) is 21.4. The number of hydroxylamine groups is 2. The van der Waals surface area contributed by atoms with E-state index < -0.39 is 17.5 Å². The molecule has 7 nitrogen and oxygen atoms in total. The molecule has 1 aromatic carbocycles. The van der Waals surface area contributed by atoms with Crippen molar-refractivity contribution in [2.24, 2.45) is 0 Å². The van der Waals surface area contributed by atoms with Gasteiger partial charge in [-0.3, -0.25) is 9.63 Å². The van der Waals surface area contributed by atoms with E-state index in [9.17, 15) is 9.59 Å². The minimum absolute atomic E-state index is 0.132. The van der Waals surface area contributed by atoms with E-state index in [1.54, 1.807) is 19.1 Å². The van der Waals surface area contributed by atoms with Gasteiger partial charge in [0.1, 0.15) is 0 Å². The topological polar surface area (TPSA) is 74.3 Å². The van der Waals surface area contributed by atoms with Gasteiger partial charge in [0.15, 0.2) is 0 Å². The van der Waals surface area contributed by atoms with Gasteiger partial charge in [0.25, 0.3) is 0 Å². The highest BCUT2D eigenvalue weighted by Crippen LogP contribution is 2.29. The molecule has 0 spiro atoms. The van der Waals surface area contributed by atoms with Crippen molar-refractivity contribution in [2.75, 3.05) is 40.0 Å². The summed E-state index contributed by atoms with van der Waals surface area (Å²) < 4.78 is 16.0. The molecule has 0 unspecified atom stereocenters. The Kier molecular flexibility index (Phi) is 8.61. The van der Waals surface area contributed by atoms with Gasteiger partial charge in [-0.05, 0) is 44.4 Å². The molecule has 0 bridgehead atoms. The highest BCUT2D eigenvalue weighted by Gasteiger charge is 2.46. The van der Waals surface area contributed by atoms with Gasteiger partial charge in [-0.25, -0.2) is 4.79 Å². The molecule has 1 aliphatic rings. The summed E-state index contributed by atoms with van der Waals surface area (Å²) in [5.74, 6) is -0.899. The van der Waals surface area contributed by atoms with Crippen LogP contribution in [0.2, 0.25) is 0 Å². The Balaban J connectivity index is 2.07. The normalized spacial score (nSPS) is 16.4. The second-order valence-electron chi connectivity index (χ2n) is 7.50. The van der Waals surface area contributed by atoms with Gasteiger partial charge < -0.3 is 14.2 Å². The number of esters is 2. The number of aryl methyl sites for hydroxylation is 3. The molecule has 0 atom stereocenters. The maximum Gasteiger partial charge on any atom is 0.350 e. The number of ether oxygens (including phenoxy) is 3. The highest BCUT2D eigenvalue weighted by atomic mass is 16.7. The van der Waals surface area contributed by atoms with Crippen LogP contribution in [0.1, 0.15) is 42.0 Å². The van der Waals surface area contributed by atoms with Crippen molar-refractivity contribution in [3.63, 3.8) is 0 Å². The zero-order valence-corrected chi connectivity index (χ0v) is 18.2. The fourth-order valence-corrected chi connectivity index (χ4v) is 3.72. The number of hydrogen-bond acceptors (Lipinski definition) is 7. The lowest BCUT2D eigenvalue weighted by atomic mass is 9.91. The van der Waals surface area contributed by atoms with Gasteiger partial charge in [-0.15, -0.1) is 0 Å². The number of carbonyl (C=O) groups excluding carboxylic acids is 2. The minimum Gasteiger partial charge on any atom is -0.463 e. The van der Waals surface area contributed by atoms with Crippen molar-refractivity contribution in [1.29, 1.82) is 0 Å². The number of nitrogens with zero attached hydrogens (tertiary/aromatic N) is 1. The van der Waals surface area contributed by atoms with Crippen LogP contribution in [0.4, 0.5) is 0 Å².